The molecule has 0 aliphatic rings. The maximum absolute atomic E-state index is 13.6. The van der Waals surface area contributed by atoms with E-state index in [1.54, 1.807) is 0 Å². The first-order chi connectivity index (χ1) is 40.4. The number of likely N-dealkylation sites (N-methyl/N-ethyl adjacent to an activating group) is 1. The molecule has 0 radical (unpaired) electrons. The zero-order chi connectivity index (χ0) is 60.7. The SMILES string of the molecule is CCCCC/C=C\C/C=C\C/C=C\C/C=C\CCCCCCCCCCCC(=O)OC(/C=C\CCCCCCCCCCCCC)C(COP(=O)([O-])OCC[N+](C)(C)C)NC(=O)CCCCCCCC/C=C\C/C=C\C/C=C\CCCCC. The molecule has 0 spiro atoms. The van der Waals surface area contributed by atoms with Gasteiger partial charge in [0.25, 0.3) is 7.82 Å². The normalized spacial score (nSPS) is 14.2. The summed E-state index contributed by atoms with van der Waals surface area (Å²) in [7, 11) is 1.17. The Hall–Kier alpha value is -3.07. The van der Waals surface area contributed by atoms with E-state index in [0.29, 0.717) is 17.4 Å². The van der Waals surface area contributed by atoms with Crippen molar-refractivity contribution in [1.29, 1.82) is 0 Å². The van der Waals surface area contributed by atoms with Crippen LogP contribution in [0, 0.1) is 0 Å². The van der Waals surface area contributed by atoms with E-state index in [0.717, 1.165) is 128 Å². The second-order valence-electron chi connectivity index (χ2n) is 24.3. The van der Waals surface area contributed by atoms with E-state index >= 15 is 0 Å². The first-order valence-electron chi connectivity index (χ1n) is 34.5. The number of phosphoric ester groups is 1. The van der Waals surface area contributed by atoms with Crippen LogP contribution in [0.3, 0.4) is 0 Å². The van der Waals surface area contributed by atoms with Gasteiger partial charge in [-0.05, 0) is 115 Å². The van der Waals surface area contributed by atoms with Crippen molar-refractivity contribution >= 4 is 19.7 Å². The fourth-order valence-electron chi connectivity index (χ4n) is 9.63. The first kappa shape index (κ1) is 79.9. The fraction of sp³-hybridized carbons (Fsp3) is 0.753. The lowest BCUT2D eigenvalue weighted by Crippen LogP contribution is -2.47. The number of rotatable bonds is 62. The quantitative estimate of drug-likeness (QED) is 0.0212. The number of amides is 1. The number of ether oxygens (including phenoxy) is 1. The summed E-state index contributed by atoms with van der Waals surface area (Å²) in [6.07, 6.45) is 83.7. The number of carbonyl (C=O) groups is 2. The molecule has 0 rings (SSSR count). The number of nitrogens with zero attached hydrogens (tertiary/aromatic N) is 1. The molecule has 1 amide bonds. The van der Waals surface area contributed by atoms with E-state index in [1.165, 1.54) is 141 Å². The number of quaternary nitrogens is 1. The van der Waals surface area contributed by atoms with E-state index in [1.807, 2.05) is 33.3 Å². The van der Waals surface area contributed by atoms with Crippen LogP contribution in [0.1, 0.15) is 303 Å². The van der Waals surface area contributed by atoms with Crippen molar-refractivity contribution in [2.45, 2.75) is 315 Å². The molecule has 9 nitrogen and oxygen atoms in total. The molecule has 0 saturated heterocycles. The lowest BCUT2D eigenvalue weighted by atomic mass is 10.0. The predicted molar refractivity (Wildman–Crippen MR) is 358 cm³/mol. The van der Waals surface area contributed by atoms with Gasteiger partial charge in [0.1, 0.15) is 19.3 Å². The molecule has 0 aliphatic heterocycles. The van der Waals surface area contributed by atoms with Gasteiger partial charge in [-0.25, -0.2) is 0 Å². The first-order valence-corrected chi connectivity index (χ1v) is 36.0. The van der Waals surface area contributed by atoms with Crippen molar-refractivity contribution in [2.75, 3.05) is 40.9 Å². The van der Waals surface area contributed by atoms with Gasteiger partial charge >= 0.3 is 5.97 Å². The molecule has 0 bridgehead atoms. The molecule has 83 heavy (non-hydrogen) atoms. The van der Waals surface area contributed by atoms with Gasteiger partial charge in [-0.1, -0.05) is 272 Å². The van der Waals surface area contributed by atoms with Crippen molar-refractivity contribution in [3.63, 3.8) is 0 Å². The molecule has 480 valence electrons. The Morgan fingerprint density at radius 3 is 1.12 bits per heavy atom. The third kappa shape index (κ3) is 63.3. The van der Waals surface area contributed by atoms with Crippen LogP contribution in [0.15, 0.2) is 97.2 Å². The van der Waals surface area contributed by atoms with Gasteiger partial charge in [0.05, 0.1) is 33.8 Å². The zero-order valence-corrected chi connectivity index (χ0v) is 55.8. The molecular weight excluding hydrogens is 1050 g/mol. The molecule has 0 heterocycles. The van der Waals surface area contributed by atoms with E-state index in [4.69, 9.17) is 13.8 Å². The van der Waals surface area contributed by atoms with Crippen molar-refractivity contribution in [3.05, 3.63) is 97.2 Å². The lowest BCUT2D eigenvalue weighted by molar-refractivity contribution is -0.870. The monoisotopic (exact) mass is 1180 g/mol. The number of carbonyl (C=O) groups excluding carboxylic acids is 2. The molecule has 0 saturated carbocycles. The largest absolute Gasteiger partial charge is 0.756 e. The molecule has 0 fully saturated rings. The third-order valence-corrected chi connectivity index (χ3v) is 16.0. The molecule has 0 aliphatic carbocycles. The average molecular weight is 1180 g/mol. The van der Waals surface area contributed by atoms with Crippen LogP contribution in [0.25, 0.3) is 0 Å². The van der Waals surface area contributed by atoms with Crippen molar-refractivity contribution in [3.8, 4) is 0 Å². The Kier molecular flexibility index (Phi) is 59.7. The van der Waals surface area contributed by atoms with Gasteiger partial charge < -0.3 is 28.5 Å². The Morgan fingerprint density at radius 2 is 0.735 bits per heavy atom. The van der Waals surface area contributed by atoms with Crippen LogP contribution in [0.2, 0.25) is 0 Å². The molecule has 10 heteroatoms. The van der Waals surface area contributed by atoms with Crippen LogP contribution in [0.5, 0.6) is 0 Å². The molecular formula is C73H131N2O7P. The van der Waals surface area contributed by atoms with E-state index in [2.05, 4.69) is 111 Å². The molecule has 0 aromatic rings. The predicted octanol–water partition coefficient (Wildman–Crippen LogP) is 21.3. The summed E-state index contributed by atoms with van der Waals surface area (Å²) in [6, 6.07) is -0.904. The summed E-state index contributed by atoms with van der Waals surface area (Å²) in [5.41, 5.74) is 0. The van der Waals surface area contributed by atoms with Crippen molar-refractivity contribution < 1.29 is 37.3 Å². The molecule has 0 aromatic heterocycles. The summed E-state index contributed by atoms with van der Waals surface area (Å²) >= 11 is 0. The average Bonchev–Trinajstić information content (AvgIpc) is 3.46. The van der Waals surface area contributed by atoms with Gasteiger partial charge in [-0.2, -0.15) is 0 Å². The Bertz CT molecular complexity index is 1740. The molecule has 0 aromatic carbocycles. The highest BCUT2D eigenvalue weighted by Gasteiger charge is 2.27. The molecule has 1 N–H and O–H groups in total. The third-order valence-electron chi connectivity index (χ3n) is 15.0. The second kappa shape index (κ2) is 62.0. The summed E-state index contributed by atoms with van der Waals surface area (Å²) in [5.74, 6) is -0.560. The number of hydrogen-bond acceptors (Lipinski definition) is 7. The van der Waals surface area contributed by atoms with E-state index in [9.17, 15) is 19.0 Å². The van der Waals surface area contributed by atoms with Gasteiger partial charge in [0.15, 0.2) is 0 Å². The fourth-order valence-corrected chi connectivity index (χ4v) is 10.4. The Balaban J connectivity index is 5.19. The number of esters is 1. The topological polar surface area (TPSA) is 114 Å². The van der Waals surface area contributed by atoms with Gasteiger partial charge in [0, 0.05) is 12.8 Å². The molecule has 3 unspecified atom stereocenters. The van der Waals surface area contributed by atoms with Crippen molar-refractivity contribution in [2.24, 2.45) is 0 Å². The van der Waals surface area contributed by atoms with E-state index in [-0.39, 0.29) is 24.9 Å². The Labute approximate surface area is 513 Å². The van der Waals surface area contributed by atoms with Crippen LogP contribution >= 0.6 is 7.82 Å². The number of phosphoric acid groups is 1. The standard InChI is InChI=1S/C73H131N2O7P/c1-7-10-13-16-19-22-25-28-30-32-34-35-36-37-38-39-41-43-45-48-51-54-57-60-63-66-73(77)82-71(64-61-58-55-52-49-46-27-24-21-18-15-12-9-3)70(69-81-83(78,79)80-68-67-75(4,5)6)74-72(76)65-62-59-56-53-50-47-44-42-40-33-31-29-26-23-20-17-14-11-8-2/h19-20,22-23,28-31,34-35,37-38,40,42,61,64,70-71H,7-18,21,24-27,32-33,36,39,41,43-60,62-63,65-69H2,1-6H3,(H-,74,76,78,79)/b22-19-,23-20-,30-28-,31-29-,35-34-,38-37-,42-40-,64-61-. The van der Waals surface area contributed by atoms with Gasteiger partial charge in [0.2, 0.25) is 5.91 Å². The number of unbranched alkanes of at least 4 members (excludes halogenated alkanes) is 32. The zero-order valence-electron chi connectivity index (χ0n) is 54.9. The summed E-state index contributed by atoms with van der Waals surface area (Å²) in [5, 5.41) is 3.03. The minimum absolute atomic E-state index is 0.0300. The smallest absolute Gasteiger partial charge is 0.306 e. The van der Waals surface area contributed by atoms with E-state index < -0.39 is 26.6 Å². The summed E-state index contributed by atoms with van der Waals surface area (Å²) in [6.45, 7) is 6.79. The maximum atomic E-state index is 13.6. The van der Waals surface area contributed by atoms with Crippen LogP contribution in [-0.4, -0.2) is 69.4 Å². The summed E-state index contributed by atoms with van der Waals surface area (Å²) in [4.78, 5) is 40.2. The van der Waals surface area contributed by atoms with Crippen LogP contribution in [-0.2, 0) is 27.9 Å². The lowest BCUT2D eigenvalue weighted by Gasteiger charge is -2.30. The van der Waals surface area contributed by atoms with Gasteiger partial charge in [-0.3, -0.25) is 14.2 Å². The van der Waals surface area contributed by atoms with Crippen molar-refractivity contribution in [1.82, 2.24) is 5.32 Å². The highest BCUT2D eigenvalue weighted by Crippen LogP contribution is 2.38. The minimum Gasteiger partial charge on any atom is -0.756 e. The number of hydrogen-bond donors (Lipinski definition) is 1. The molecule has 3 atom stereocenters. The summed E-state index contributed by atoms with van der Waals surface area (Å²) < 4.78 is 30.4. The van der Waals surface area contributed by atoms with Crippen LogP contribution < -0.4 is 10.2 Å². The highest BCUT2D eigenvalue weighted by molar-refractivity contribution is 7.45. The Morgan fingerprint density at radius 1 is 0.422 bits per heavy atom. The second-order valence-corrected chi connectivity index (χ2v) is 25.7. The van der Waals surface area contributed by atoms with Gasteiger partial charge in [-0.15, -0.1) is 0 Å². The number of nitrogens with one attached hydrogen (secondary N) is 1. The highest BCUT2D eigenvalue weighted by atomic mass is 31.2. The minimum atomic E-state index is -4.71. The van der Waals surface area contributed by atoms with Crippen LogP contribution in [0.4, 0.5) is 0 Å². The maximum Gasteiger partial charge on any atom is 0.306 e. The number of allylic oxidation sites excluding steroid dienone is 15.